The number of hydrogen-bond donors (Lipinski definition) is 1. The molecule has 2 aromatic rings. The normalized spacial score (nSPS) is 18.1. The molecule has 5 heteroatoms. The Morgan fingerprint density at radius 1 is 1.03 bits per heavy atom. The third-order valence-electron chi connectivity index (χ3n) is 5.33. The van der Waals surface area contributed by atoms with E-state index in [0.29, 0.717) is 17.6 Å². The molecule has 4 nitrogen and oxygen atoms in total. The summed E-state index contributed by atoms with van der Waals surface area (Å²) in [6, 6.07) is 10.4. The zero-order valence-electron chi connectivity index (χ0n) is 17.7. The van der Waals surface area contributed by atoms with Crippen LogP contribution in [-0.2, 0) is 16.0 Å². The van der Waals surface area contributed by atoms with Gasteiger partial charge in [0.2, 0.25) is 0 Å². The van der Waals surface area contributed by atoms with Crippen LogP contribution in [0.5, 0.6) is 5.75 Å². The summed E-state index contributed by atoms with van der Waals surface area (Å²) in [6.45, 7) is 8.93. The van der Waals surface area contributed by atoms with Gasteiger partial charge in [0.1, 0.15) is 17.0 Å². The number of aliphatic hydroxyl groups excluding tert-OH is 1. The summed E-state index contributed by atoms with van der Waals surface area (Å²) in [5, 5.41) is 10.8. The molecule has 1 aliphatic rings. The molecular formula is C24H27FO4. The average molecular weight is 398 g/mol. The fourth-order valence-corrected chi connectivity index (χ4v) is 3.84. The highest BCUT2D eigenvalue weighted by molar-refractivity contribution is 6.26. The van der Waals surface area contributed by atoms with Crippen molar-refractivity contribution < 1.29 is 23.8 Å². The highest BCUT2D eigenvalue weighted by atomic mass is 19.1. The minimum atomic E-state index is -1.04. The van der Waals surface area contributed by atoms with Crippen molar-refractivity contribution in [1.29, 1.82) is 0 Å². The zero-order valence-corrected chi connectivity index (χ0v) is 17.7. The van der Waals surface area contributed by atoms with Gasteiger partial charge in [0.15, 0.2) is 17.3 Å². The lowest BCUT2D eigenvalue weighted by Gasteiger charge is -2.40. The van der Waals surface area contributed by atoms with Gasteiger partial charge in [0.25, 0.3) is 0 Å². The van der Waals surface area contributed by atoms with Crippen molar-refractivity contribution in [3.05, 3.63) is 59.1 Å². The molecule has 1 heterocycles. The van der Waals surface area contributed by atoms with E-state index >= 15 is 0 Å². The summed E-state index contributed by atoms with van der Waals surface area (Å²) < 4.78 is 24.7. The summed E-state index contributed by atoms with van der Waals surface area (Å²) in [5.41, 5.74) is 1.57. The van der Waals surface area contributed by atoms with E-state index in [4.69, 9.17) is 9.47 Å². The third-order valence-corrected chi connectivity index (χ3v) is 5.33. The fourth-order valence-electron chi connectivity index (χ4n) is 3.84. The molecule has 0 amide bonds. The van der Waals surface area contributed by atoms with Crippen LogP contribution in [0.2, 0.25) is 0 Å². The van der Waals surface area contributed by atoms with Crippen LogP contribution in [0, 0.1) is 5.82 Å². The lowest BCUT2D eigenvalue weighted by molar-refractivity contribution is -0.158. The molecule has 29 heavy (non-hydrogen) atoms. The number of hydrogen-bond acceptors (Lipinski definition) is 4. The molecule has 3 rings (SSSR count). The van der Waals surface area contributed by atoms with E-state index in [9.17, 15) is 14.3 Å². The van der Waals surface area contributed by atoms with Gasteiger partial charge >= 0.3 is 0 Å². The van der Waals surface area contributed by atoms with Gasteiger partial charge in [-0.05, 0) is 68.5 Å². The Morgan fingerprint density at radius 3 is 2.28 bits per heavy atom. The quantitative estimate of drug-likeness (QED) is 0.740. The second-order valence-corrected chi connectivity index (χ2v) is 8.25. The number of halogens is 1. The van der Waals surface area contributed by atoms with Crippen LogP contribution in [0.4, 0.5) is 4.39 Å². The highest BCUT2D eigenvalue weighted by Crippen LogP contribution is 2.41. The SMILES string of the molecule is CCc1cc(-c2ccc(F)c(OC)c2)ccc1C1=C(O)C(C)(C)OC(C)(C)C1=O. The molecule has 0 spiro atoms. The van der Waals surface area contributed by atoms with E-state index < -0.39 is 17.0 Å². The van der Waals surface area contributed by atoms with Crippen molar-refractivity contribution in [3.8, 4) is 16.9 Å². The number of benzene rings is 2. The fraction of sp³-hybridized carbons (Fsp3) is 0.375. The van der Waals surface area contributed by atoms with Crippen LogP contribution >= 0.6 is 0 Å². The van der Waals surface area contributed by atoms with Crippen LogP contribution in [0.15, 0.2) is 42.2 Å². The smallest absolute Gasteiger partial charge is 0.198 e. The number of aliphatic hydroxyl groups is 1. The number of ketones is 1. The molecule has 1 N–H and O–H groups in total. The molecule has 0 atom stereocenters. The first-order valence-corrected chi connectivity index (χ1v) is 9.67. The Morgan fingerprint density at radius 2 is 1.66 bits per heavy atom. The zero-order chi connectivity index (χ0) is 21.6. The van der Waals surface area contributed by atoms with E-state index in [-0.39, 0.29) is 17.3 Å². The lowest BCUT2D eigenvalue weighted by atomic mass is 9.81. The Bertz CT molecular complexity index is 1000. The number of ether oxygens (including phenoxy) is 2. The molecule has 154 valence electrons. The summed E-state index contributed by atoms with van der Waals surface area (Å²) in [7, 11) is 1.43. The summed E-state index contributed by atoms with van der Waals surface area (Å²) in [6.07, 6.45) is 0.660. The van der Waals surface area contributed by atoms with Gasteiger partial charge in [-0.25, -0.2) is 4.39 Å². The molecular weight excluding hydrogens is 371 g/mol. The van der Waals surface area contributed by atoms with Crippen LogP contribution in [0.1, 0.15) is 45.7 Å². The number of carbonyl (C=O) groups excluding carboxylic acids is 1. The second-order valence-electron chi connectivity index (χ2n) is 8.25. The van der Waals surface area contributed by atoms with Crippen LogP contribution < -0.4 is 4.74 Å². The van der Waals surface area contributed by atoms with Crippen molar-refractivity contribution in [3.63, 3.8) is 0 Å². The minimum absolute atomic E-state index is 0.0623. The van der Waals surface area contributed by atoms with Gasteiger partial charge < -0.3 is 14.6 Å². The third kappa shape index (κ3) is 3.67. The molecule has 0 fully saturated rings. The predicted molar refractivity (Wildman–Crippen MR) is 112 cm³/mol. The first kappa shape index (κ1) is 21.1. The number of rotatable bonds is 4. The Hall–Kier alpha value is -2.66. The Balaban J connectivity index is 2.16. The van der Waals surface area contributed by atoms with Gasteiger partial charge in [-0.1, -0.05) is 31.2 Å². The molecule has 2 aromatic carbocycles. The van der Waals surface area contributed by atoms with Crippen LogP contribution in [0.3, 0.4) is 0 Å². The van der Waals surface area contributed by atoms with Crippen molar-refractivity contribution in [2.24, 2.45) is 0 Å². The Kier molecular flexibility index (Phi) is 5.30. The lowest BCUT2D eigenvalue weighted by Crippen LogP contribution is -2.49. The predicted octanol–water partition coefficient (Wildman–Crippen LogP) is 5.49. The average Bonchev–Trinajstić information content (AvgIpc) is 2.66. The molecule has 0 saturated carbocycles. The number of carbonyl (C=O) groups is 1. The maximum atomic E-state index is 13.8. The standard InChI is InChI=1S/C24H27FO4/c1-7-14-12-15(16-9-11-18(25)19(13-16)28-6)8-10-17(14)20-21(26)23(2,3)29-24(4,5)22(20)27/h8-13,26H,7H2,1-6H3. The maximum absolute atomic E-state index is 13.8. The largest absolute Gasteiger partial charge is 0.508 e. The van der Waals surface area contributed by atoms with E-state index in [2.05, 4.69) is 0 Å². The van der Waals surface area contributed by atoms with E-state index in [1.165, 1.54) is 13.2 Å². The molecule has 0 aromatic heterocycles. The van der Waals surface area contributed by atoms with E-state index in [0.717, 1.165) is 16.7 Å². The highest BCUT2D eigenvalue weighted by Gasteiger charge is 2.47. The van der Waals surface area contributed by atoms with E-state index in [1.807, 2.05) is 25.1 Å². The monoisotopic (exact) mass is 398 g/mol. The first-order valence-electron chi connectivity index (χ1n) is 9.67. The van der Waals surface area contributed by atoms with E-state index in [1.54, 1.807) is 39.8 Å². The maximum Gasteiger partial charge on any atom is 0.198 e. The molecule has 0 bridgehead atoms. The Labute approximate surface area is 171 Å². The van der Waals surface area contributed by atoms with Crippen LogP contribution in [0.25, 0.3) is 16.7 Å². The van der Waals surface area contributed by atoms with Crippen molar-refractivity contribution >= 4 is 11.4 Å². The first-order chi connectivity index (χ1) is 13.5. The molecule has 0 aliphatic carbocycles. The number of Topliss-reactive ketones (excluding diaryl/α,β-unsaturated/α-hetero) is 1. The minimum Gasteiger partial charge on any atom is -0.508 e. The number of aryl methyl sites for hydroxylation is 1. The van der Waals surface area contributed by atoms with Crippen molar-refractivity contribution in [1.82, 2.24) is 0 Å². The molecule has 0 unspecified atom stereocenters. The van der Waals surface area contributed by atoms with Crippen molar-refractivity contribution in [2.75, 3.05) is 7.11 Å². The van der Waals surface area contributed by atoms with Gasteiger partial charge in [-0.15, -0.1) is 0 Å². The summed E-state index contributed by atoms with van der Waals surface area (Å²) >= 11 is 0. The molecule has 0 saturated heterocycles. The number of methoxy groups -OCH3 is 1. The van der Waals surface area contributed by atoms with Crippen LogP contribution in [-0.4, -0.2) is 29.2 Å². The van der Waals surface area contributed by atoms with Gasteiger partial charge in [0, 0.05) is 0 Å². The van der Waals surface area contributed by atoms with Gasteiger partial charge in [0.05, 0.1) is 12.7 Å². The topological polar surface area (TPSA) is 55.8 Å². The van der Waals surface area contributed by atoms with Gasteiger partial charge in [-0.3, -0.25) is 4.79 Å². The molecule has 0 radical (unpaired) electrons. The second kappa shape index (κ2) is 7.30. The summed E-state index contributed by atoms with van der Waals surface area (Å²) in [4.78, 5) is 13.1. The molecule has 1 aliphatic heterocycles. The summed E-state index contributed by atoms with van der Waals surface area (Å²) in [5.74, 6) is -0.558. The van der Waals surface area contributed by atoms with Gasteiger partial charge in [-0.2, -0.15) is 0 Å². The van der Waals surface area contributed by atoms with Crippen molar-refractivity contribution in [2.45, 2.75) is 52.2 Å².